The van der Waals surface area contributed by atoms with Gasteiger partial charge < -0.3 is 25.8 Å². The molecule has 216 valence electrons. The summed E-state index contributed by atoms with van der Waals surface area (Å²) in [4.78, 5) is 42.6. The molecule has 3 N–H and O–H groups in total. The lowest BCUT2D eigenvalue weighted by atomic mass is 10.1. The highest BCUT2D eigenvalue weighted by Crippen LogP contribution is 2.29. The summed E-state index contributed by atoms with van der Waals surface area (Å²) in [6.07, 6.45) is 1.37. The largest absolute Gasteiger partial charge is 0.368 e. The predicted molar refractivity (Wildman–Crippen MR) is 160 cm³/mol. The molecule has 0 aliphatic carbocycles. The molecule has 4 rings (SSSR count). The van der Waals surface area contributed by atoms with Gasteiger partial charge >= 0.3 is 6.03 Å². The highest BCUT2D eigenvalue weighted by Gasteiger charge is 2.22. The predicted octanol–water partition coefficient (Wildman–Crippen LogP) is 5.33. The van der Waals surface area contributed by atoms with Gasteiger partial charge in [-0.3, -0.25) is 9.59 Å². The van der Waals surface area contributed by atoms with Crippen molar-refractivity contribution >= 4 is 40.8 Å². The van der Waals surface area contributed by atoms with Crippen molar-refractivity contribution in [2.75, 3.05) is 42.9 Å². The van der Waals surface area contributed by atoms with Gasteiger partial charge in [0.2, 0.25) is 0 Å². The molecule has 4 amide bonds. The normalized spacial score (nSPS) is 14.1. The van der Waals surface area contributed by atoms with Crippen molar-refractivity contribution in [1.82, 2.24) is 15.5 Å². The second-order valence-electron chi connectivity index (χ2n) is 10.1. The first-order valence-corrected chi connectivity index (χ1v) is 14.1. The van der Waals surface area contributed by atoms with Crippen molar-refractivity contribution in [2.45, 2.75) is 32.7 Å². The van der Waals surface area contributed by atoms with Crippen molar-refractivity contribution < 1.29 is 18.8 Å². The number of urea groups is 1. The lowest BCUT2D eigenvalue weighted by Gasteiger charge is -2.26. The molecule has 1 aliphatic heterocycles. The monoisotopic (exact) mass is 579 g/mol. The number of carbonyl (C=O) groups is 3. The first kappa shape index (κ1) is 29.9. The van der Waals surface area contributed by atoms with Gasteiger partial charge in [0.05, 0.1) is 11.4 Å². The number of carbonyl (C=O) groups excluding carboxylic acids is 3. The van der Waals surface area contributed by atoms with E-state index in [-0.39, 0.29) is 18.0 Å². The Labute approximate surface area is 244 Å². The summed E-state index contributed by atoms with van der Waals surface area (Å²) in [6, 6.07) is 17.7. The third-order valence-corrected chi connectivity index (χ3v) is 7.15. The number of amides is 4. The maximum Gasteiger partial charge on any atom is 0.317 e. The van der Waals surface area contributed by atoms with Gasteiger partial charge in [0.1, 0.15) is 5.82 Å². The fourth-order valence-corrected chi connectivity index (χ4v) is 4.93. The fourth-order valence-electron chi connectivity index (χ4n) is 4.81. The summed E-state index contributed by atoms with van der Waals surface area (Å²) in [5.41, 5.74) is 2.94. The van der Waals surface area contributed by atoms with E-state index in [1.807, 2.05) is 44.2 Å². The first-order valence-electron chi connectivity index (χ1n) is 13.8. The SMILES string of the molecule is CCNC(=O)N1CCCN(c2ccc(C(=O)NC(C)Cc3ccc(Cl)cc3)cc2NC(=O)c2ccc(F)cc2)CC1. The number of anilines is 2. The van der Waals surface area contributed by atoms with Crippen LogP contribution in [-0.2, 0) is 6.42 Å². The van der Waals surface area contributed by atoms with Crippen LogP contribution >= 0.6 is 11.6 Å². The summed E-state index contributed by atoms with van der Waals surface area (Å²) >= 11 is 5.98. The molecule has 1 saturated heterocycles. The minimum absolute atomic E-state index is 0.0982. The molecule has 0 radical (unpaired) electrons. The summed E-state index contributed by atoms with van der Waals surface area (Å²) < 4.78 is 13.4. The average Bonchev–Trinajstić information content (AvgIpc) is 3.21. The van der Waals surface area contributed by atoms with E-state index in [9.17, 15) is 18.8 Å². The molecule has 0 spiro atoms. The lowest BCUT2D eigenvalue weighted by molar-refractivity contribution is 0.0938. The van der Waals surface area contributed by atoms with Crippen LogP contribution < -0.4 is 20.9 Å². The molecule has 0 aromatic heterocycles. The number of hydrogen-bond donors (Lipinski definition) is 3. The molecule has 0 saturated carbocycles. The Kier molecular flexibility index (Phi) is 10.2. The number of benzene rings is 3. The van der Waals surface area contributed by atoms with E-state index in [4.69, 9.17) is 11.6 Å². The smallest absolute Gasteiger partial charge is 0.317 e. The summed E-state index contributed by atoms with van der Waals surface area (Å²) in [7, 11) is 0. The molecule has 41 heavy (non-hydrogen) atoms. The Hall–Kier alpha value is -4.11. The Morgan fingerprint density at radius 2 is 1.61 bits per heavy atom. The van der Waals surface area contributed by atoms with E-state index in [0.717, 1.165) is 17.7 Å². The average molecular weight is 580 g/mol. The topological polar surface area (TPSA) is 93.8 Å². The van der Waals surface area contributed by atoms with Gasteiger partial charge in [-0.1, -0.05) is 23.7 Å². The summed E-state index contributed by atoms with van der Waals surface area (Å²) in [6.45, 7) is 6.72. The van der Waals surface area contributed by atoms with Crippen LogP contribution in [0.3, 0.4) is 0 Å². The van der Waals surface area contributed by atoms with Crippen LogP contribution in [0.1, 0.15) is 46.5 Å². The van der Waals surface area contributed by atoms with Crippen LogP contribution in [0.15, 0.2) is 66.7 Å². The quantitative estimate of drug-likeness (QED) is 0.336. The van der Waals surface area contributed by atoms with Crippen molar-refractivity contribution in [3.05, 3.63) is 94.3 Å². The number of nitrogens with one attached hydrogen (secondary N) is 3. The second kappa shape index (κ2) is 14.0. The van der Waals surface area contributed by atoms with Crippen LogP contribution in [0.4, 0.5) is 20.6 Å². The molecule has 8 nitrogen and oxygen atoms in total. The molecule has 1 atom stereocenters. The van der Waals surface area contributed by atoms with Crippen LogP contribution in [0, 0.1) is 5.82 Å². The van der Waals surface area contributed by atoms with Gasteiger partial charge in [-0.05, 0) is 86.8 Å². The lowest BCUT2D eigenvalue weighted by Crippen LogP contribution is -2.42. The highest BCUT2D eigenvalue weighted by molar-refractivity contribution is 6.30. The van der Waals surface area contributed by atoms with Gasteiger partial charge in [-0.2, -0.15) is 0 Å². The van der Waals surface area contributed by atoms with Gasteiger partial charge in [0.25, 0.3) is 11.8 Å². The van der Waals surface area contributed by atoms with E-state index in [1.54, 1.807) is 17.0 Å². The number of nitrogens with zero attached hydrogens (tertiary/aromatic N) is 2. The van der Waals surface area contributed by atoms with Gasteiger partial charge in [-0.15, -0.1) is 0 Å². The van der Waals surface area contributed by atoms with Crippen LogP contribution in [0.2, 0.25) is 5.02 Å². The minimum atomic E-state index is -0.435. The van der Waals surface area contributed by atoms with Crippen LogP contribution in [-0.4, -0.2) is 61.5 Å². The van der Waals surface area contributed by atoms with Crippen molar-refractivity contribution in [2.24, 2.45) is 0 Å². The highest BCUT2D eigenvalue weighted by atomic mass is 35.5. The van der Waals surface area contributed by atoms with Gasteiger partial charge in [-0.25, -0.2) is 9.18 Å². The fraction of sp³-hybridized carbons (Fsp3) is 0.323. The number of halogens is 2. The molecular weight excluding hydrogens is 545 g/mol. The zero-order valence-electron chi connectivity index (χ0n) is 23.3. The molecule has 1 heterocycles. The second-order valence-corrected chi connectivity index (χ2v) is 10.5. The van der Waals surface area contributed by atoms with Crippen molar-refractivity contribution in [3.8, 4) is 0 Å². The van der Waals surface area contributed by atoms with E-state index < -0.39 is 11.7 Å². The maximum absolute atomic E-state index is 13.4. The van der Waals surface area contributed by atoms with E-state index in [0.29, 0.717) is 61.0 Å². The number of rotatable bonds is 8. The Balaban J connectivity index is 1.55. The Morgan fingerprint density at radius 3 is 2.32 bits per heavy atom. The van der Waals surface area contributed by atoms with Crippen LogP contribution in [0.25, 0.3) is 0 Å². The molecule has 3 aromatic carbocycles. The summed E-state index contributed by atoms with van der Waals surface area (Å²) in [5.74, 6) is -1.12. The van der Waals surface area contributed by atoms with Gasteiger partial charge in [0, 0.05) is 54.9 Å². The summed E-state index contributed by atoms with van der Waals surface area (Å²) in [5, 5.41) is 9.45. The molecule has 10 heteroatoms. The Bertz CT molecular complexity index is 1370. The Morgan fingerprint density at radius 1 is 0.902 bits per heavy atom. The number of hydrogen-bond acceptors (Lipinski definition) is 4. The zero-order chi connectivity index (χ0) is 29.4. The van der Waals surface area contributed by atoms with Gasteiger partial charge in [0.15, 0.2) is 0 Å². The zero-order valence-corrected chi connectivity index (χ0v) is 24.0. The molecule has 1 aliphatic rings. The molecule has 1 unspecified atom stereocenters. The first-order chi connectivity index (χ1) is 19.7. The standard InChI is InChI=1S/C31H35ClFN5O3/c1-3-34-31(41)38-16-4-15-37(17-18-38)28-14-9-24(20-27(28)36-29(39)23-7-12-26(33)13-8-23)30(40)35-21(2)19-22-5-10-25(32)11-6-22/h5-14,20-21H,3-4,15-19H2,1-2H3,(H,34,41)(H,35,40)(H,36,39). The third-order valence-electron chi connectivity index (χ3n) is 6.90. The van der Waals surface area contributed by atoms with E-state index in [2.05, 4.69) is 20.9 Å². The molecule has 1 fully saturated rings. The van der Waals surface area contributed by atoms with E-state index in [1.165, 1.54) is 24.3 Å². The van der Waals surface area contributed by atoms with Crippen molar-refractivity contribution in [3.63, 3.8) is 0 Å². The molecule has 0 bridgehead atoms. The molecule has 3 aromatic rings. The van der Waals surface area contributed by atoms with Crippen molar-refractivity contribution in [1.29, 1.82) is 0 Å². The maximum atomic E-state index is 13.4. The van der Waals surface area contributed by atoms with Crippen LogP contribution in [0.5, 0.6) is 0 Å². The van der Waals surface area contributed by atoms with E-state index >= 15 is 0 Å². The third kappa shape index (κ3) is 8.20. The molecular formula is C31H35ClFN5O3. The minimum Gasteiger partial charge on any atom is -0.368 e.